The number of ketones is 2. The Kier molecular flexibility index (Phi) is 3.78. The van der Waals surface area contributed by atoms with E-state index in [-0.39, 0.29) is 0 Å². The Hall–Kier alpha value is -1.55. The number of nitrogens with zero attached hydrogens (tertiary/aromatic N) is 1. The van der Waals surface area contributed by atoms with E-state index in [2.05, 4.69) is 4.98 Å². The van der Waals surface area contributed by atoms with Crippen LogP contribution in [0.1, 0.15) is 0 Å². The van der Waals surface area contributed by atoms with Gasteiger partial charge >= 0.3 is 0 Å². The molecule has 4 heteroatoms. The molecule has 0 bridgehead atoms. The molecule has 0 N–H and O–H groups in total. The highest BCUT2D eigenvalue weighted by Gasteiger charge is 2.06. The predicted octanol–water partition coefficient (Wildman–Crippen LogP) is 1.39. The van der Waals surface area contributed by atoms with Crippen LogP contribution >= 0.6 is 11.3 Å². The van der Waals surface area contributed by atoms with Gasteiger partial charge in [-0.25, -0.2) is 0 Å². The lowest BCUT2D eigenvalue weighted by atomic mass is 10.1. The van der Waals surface area contributed by atoms with Gasteiger partial charge in [0.05, 0.1) is 5.51 Å². The van der Waals surface area contributed by atoms with Gasteiger partial charge in [-0.1, -0.05) is 12.2 Å². The third-order valence-corrected chi connectivity index (χ3v) is 1.72. The molecule has 0 saturated carbocycles. The number of rotatable bonds is 0. The zero-order valence-corrected chi connectivity index (χ0v) is 7.53. The molecular formula is C9H7NO2S. The summed E-state index contributed by atoms with van der Waals surface area (Å²) in [5.74, 6) is -0.875. The van der Waals surface area contributed by atoms with Crippen molar-refractivity contribution in [3.8, 4) is 0 Å². The van der Waals surface area contributed by atoms with Crippen molar-refractivity contribution in [2.75, 3.05) is 0 Å². The molecule has 0 atom stereocenters. The second-order valence-corrected chi connectivity index (χ2v) is 2.88. The molecule has 1 heterocycles. The molecule has 66 valence electrons. The maximum atomic E-state index is 10.3. The van der Waals surface area contributed by atoms with Crippen molar-refractivity contribution in [3.05, 3.63) is 41.4 Å². The molecule has 0 radical (unpaired) electrons. The number of thiazole rings is 1. The van der Waals surface area contributed by atoms with Gasteiger partial charge in [-0.05, 0) is 12.2 Å². The third kappa shape index (κ3) is 3.57. The van der Waals surface area contributed by atoms with E-state index in [1.807, 2.05) is 5.38 Å². The van der Waals surface area contributed by atoms with E-state index >= 15 is 0 Å². The zero-order valence-electron chi connectivity index (χ0n) is 6.71. The van der Waals surface area contributed by atoms with Crippen LogP contribution in [0.4, 0.5) is 0 Å². The van der Waals surface area contributed by atoms with E-state index in [0.29, 0.717) is 0 Å². The fraction of sp³-hybridized carbons (Fsp3) is 0. The molecule has 1 aliphatic rings. The molecular weight excluding hydrogens is 186 g/mol. The van der Waals surface area contributed by atoms with Gasteiger partial charge in [0.25, 0.3) is 0 Å². The first-order valence-electron chi connectivity index (χ1n) is 3.56. The minimum absolute atomic E-state index is 0.437. The van der Waals surface area contributed by atoms with Crippen molar-refractivity contribution >= 4 is 22.9 Å². The maximum absolute atomic E-state index is 10.3. The minimum Gasteiger partial charge on any atom is -0.286 e. The highest BCUT2D eigenvalue weighted by molar-refractivity contribution is 7.07. The zero-order chi connectivity index (χ0) is 9.52. The van der Waals surface area contributed by atoms with Gasteiger partial charge in [-0.3, -0.25) is 14.6 Å². The summed E-state index contributed by atoms with van der Waals surface area (Å²) in [5.41, 5.74) is 1.79. The van der Waals surface area contributed by atoms with Crippen LogP contribution in [-0.2, 0) is 9.59 Å². The fourth-order valence-corrected chi connectivity index (χ4v) is 0.977. The number of allylic oxidation sites excluding steroid dienone is 4. The lowest BCUT2D eigenvalue weighted by Crippen LogP contribution is -2.08. The second kappa shape index (κ2) is 5.16. The van der Waals surface area contributed by atoms with Crippen LogP contribution in [-0.4, -0.2) is 16.6 Å². The quantitative estimate of drug-likeness (QED) is 0.462. The topological polar surface area (TPSA) is 47.0 Å². The molecule has 0 aliphatic heterocycles. The Balaban J connectivity index is 0.000000145. The average molecular weight is 193 g/mol. The summed E-state index contributed by atoms with van der Waals surface area (Å²) in [5, 5.41) is 1.93. The summed E-state index contributed by atoms with van der Waals surface area (Å²) < 4.78 is 0. The smallest absolute Gasteiger partial charge is 0.225 e. The third-order valence-electron chi connectivity index (χ3n) is 1.20. The summed E-state index contributed by atoms with van der Waals surface area (Å²) in [6, 6.07) is 0. The van der Waals surface area contributed by atoms with Crippen LogP contribution in [0.25, 0.3) is 0 Å². The molecule has 0 saturated heterocycles. The second-order valence-electron chi connectivity index (χ2n) is 2.12. The summed E-state index contributed by atoms with van der Waals surface area (Å²) in [6.07, 6.45) is 7.36. The molecule has 0 amide bonds. The molecule has 3 nitrogen and oxygen atoms in total. The lowest BCUT2D eigenvalue weighted by Gasteiger charge is -1.88. The number of hydrogen-bond donors (Lipinski definition) is 0. The number of carbonyl (C=O) groups is 2. The van der Waals surface area contributed by atoms with Gasteiger partial charge in [-0.15, -0.1) is 11.3 Å². The molecule has 0 aromatic carbocycles. The van der Waals surface area contributed by atoms with Crippen LogP contribution < -0.4 is 0 Å². The number of hydrogen-bond acceptors (Lipinski definition) is 4. The molecule has 1 aromatic rings. The van der Waals surface area contributed by atoms with Crippen molar-refractivity contribution in [1.82, 2.24) is 4.98 Å². The van der Waals surface area contributed by atoms with E-state index < -0.39 is 11.6 Å². The normalized spacial score (nSPS) is 13.8. The van der Waals surface area contributed by atoms with Crippen molar-refractivity contribution in [2.24, 2.45) is 0 Å². The van der Waals surface area contributed by atoms with Gasteiger partial charge < -0.3 is 0 Å². The van der Waals surface area contributed by atoms with E-state index in [4.69, 9.17) is 0 Å². The van der Waals surface area contributed by atoms with Crippen LogP contribution in [0.15, 0.2) is 41.4 Å². The first-order chi connectivity index (χ1) is 6.30. The maximum Gasteiger partial charge on any atom is 0.225 e. The van der Waals surface area contributed by atoms with Crippen molar-refractivity contribution in [1.29, 1.82) is 0 Å². The van der Waals surface area contributed by atoms with Gasteiger partial charge in [0.15, 0.2) is 0 Å². The molecule has 1 aliphatic carbocycles. The fourth-order valence-electron chi connectivity index (χ4n) is 0.626. The van der Waals surface area contributed by atoms with E-state index in [1.54, 1.807) is 35.2 Å². The largest absolute Gasteiger partial charge is 0.286 e. The Morgan fingerprint density at radius 1 is 1.08 bits per heavy atom. The summed E-state index contributed by atoms with van der Waals surface area (Å²) in [6.45, 7) is 0. The molecule has 0 unspecified atom stereocenters. The number of carbonyl (C=O) groups excluding carboxylic acids is 2. The first-order valence-corrected chi connectivity index (χ1v) is 4.50. The van der Waals surface area contributed by atoms with Crippen LogP contribution in [0.3, 0.4) is 0 Å². The first kappa shape index (κ1) is 9.54. The monoisotopic (exact) mass is 193 g/mol. The van der Waals surface area contributed by atoms with Gasteiger partial charge in [0.1, 0.15) is 0 Å². The van der Waals surface area contributed by atoms with E-state index in [0.717, 1.165) is 0 Å². The highest BCUT2D eigenvalue weighted by atomic mass is 32.1. The van der Waals surface area contributed by atoms with E-state index in [9.17, 15) is 9.59 Å². The highest BCUT2D eigenvalue weighted by Crippen LogP contribution is 1.90. The van der Waals surface area contributed by atoms with Crippen LogP contribution in [0.5, 0.6) is 0 Å². The predicted molar refractivity (Wildman–Crippen MR) is 50.4 cm³/mol. The van der Waals surface area contributed by atoms with Gasteiger partial charge in [0.2, 0.25) is 11.6 Å². The summed E-state index contributed by atoms with van der Waals surface area (Å²) in [7, 11) is 0. The summed E-state index contributed by atoms with van der Waals surface area (Å²) in [4.78, 5) is 24.4. The summed E-state index contributed by atoms with van der Waals surface area (Å²) >= 11 is 1.60. The van der Waals surface area contributed by atoms with Crippen molar-refractivity contribution < 1.29 is 9.59 Å². The van der Waals surface area contributed by atoms with Crippen molar-refractivity contribution in [2.45, 2.75) is 0 Å². The standard InChI is InChI=1S/C6H4O2.C3H3NS/c7-5-3-1-2-4-6(5)8;1-2-5-3-4-1/h1-4H;1-3H. The molecule has 0 spiro atoms. The number of aromatic nitrogens is 1. The molecule has 0 fully saturated rings. The van der Waals surface area contributed by atoms with Crippen molar-refractivity contribution in [3.63, 3.8) is 0 Å². The Morgan fingerprint density at radius 2 is 1.69 bits per heavy atom. The lowest BCUT2D eigenvalue weighted by molar-refractivity contribution is -0.131. The Morgan fingerprint density at radius 3 is 1.92 bits per heavy atom. The van der Waals surface area contributed by atoms with Gasteiger partial charge in [-0.2, -0.15) is 0 Å². The van der Waals surface area contributed by atoms with Crippen LogP contribution in [0.2, 0.25) is 0 Å². The SMILES string of the molecule is O=C1C=CC=CC1=O.c1cscn1. The minimum atomic E-state index is -0.437. The molecule has 2 rings (SSSR count). The molecule has 13 heavy (non-hydrogen) atoms. The van der Waals surface area contributed by atoms with E-state index in [1.165, 1.54) is 12.2 Å². The average Bonchev–Trinajstić information content (AvgIpc) is 2.68. The van der Waals surface area contributed by atoms with Crippen LogP contribution in [0, 0.1) is 0 Å². The Bertz CT molecular complexity index is 299. The molecule has 1 aromatic heterocycles. The van der Waals surface area contributed by atoms with Gasteiger partial charge in [0, 0.05) is 11.6 Å². The Labute approximate surface area is 79.4 Å².